The van der Waals surface area contributed by atoms with Crippen molar-refractivity contribution in [2.45, 2.75) is 20.4 Å². The van der Waals surface area contributed by atoms with Crippen LogP contribution >= 0.6 is 11.3 Å². The molecule has 100 valence electrons. The molecule has 0 bridgehead atoms. The third kappa shape index (κ3) is 3.32. The van der Waals surface area contributed by atoms with Crippen molar-refractivity contribution in [2.75, 3.05) is 5.73 Å². The van der Waals surface area contributed by atoms with Crippen LogP contribution < -0.4 is 11.1 Å². The molecule has 0 radical (unpaired) electrons. The molecule has 0 atom stereocenters. The first kappa shape index (κ1) is 13.5. The van der Waals surface area contributed by atoms with E-state index in [9.17, 15) is 9.18 Å². The maximum atomic E-state index is 13.1. The van der Waals surface area contributed by atoms with E-state index in [0.29, 0.717) is 6.54 Å². The SMILES string of the molecule is Cc1cc(CNC(=O)c2cc(N)cc(F)c2)sc1C. The molecule has 1 aromatic carbocycles. The van der Waals surface area contributed by atoms with Crippen LogP contribution in [0.25, 0.3) is 0 Å². The molecule has 1 aromatic heterocycles. The fraction of sp³-hybridized carbons (Fsp3) is 0.214. The van der Waals surface area contributed by atoms with E-state index in [-0.39, 0.29) is 17.2 Å². The summed E-state index contributed by atoms with van der Waals surface area (Å²) in [5.74, 6) is -0.831. The summed E-state index contributed by atoms with van der Waals surface area (Å²) in [6.07, 6.45) is 0. The average Bonchev–Trinajstić information content (AvgIpc) is 2.64. The average molecular weight is 278 g/mol. The number of nitrogen functional groups attached to an aromatic ring is 1. The van der Waals surface area contributed by atoms with Gasteiger partial charge in [0.1, 0.15) is 5.82 Å². The number of nitrogens with one attached hydrogen (secondary N) is 1. The van der Waals surface area contributed by atoms with E-state index in [2.05, 4.69) is 5.32 Å². The van der Waals surface area contributed by atoms with E-state index >= 15 is 0 Å². The summed E-state index contributed by atoms with van der Waals surface area (Å²) < 4.78 is 13.1. The van der Waals surface area contributed by atoms with Crippen molar-refractivity contribution in [2.24, 2.45) is 0 Å². The van der Waals surface area contributed by atoms with Gasteiger partial charge in [0.2, 0.25) is 0 Å². The zero-order valence-corrected chi connectivity index (χ0v) is 11.6. The van der Waals surface area contributed by atoms with Gasteiger partial charge in [0.25, 0.3) is 5.91 Å². The van der Waals surface area contributed by atoms with Crippen molar-refractivity contribution in [3.05, 3.63) is 51.0 Å². The summed E-state index contributed by atoms with van der Waals surface area (Å²) in [6.45, 7) is 4.51. The maximum Gasteiger partial charge on any atom is 0.251 e. The number of carbonyl (C=O) groups is 1. The molecule has 1 amide bonds. The monoisotopic (exact) mass is 278 g/mol. The lowest BCUT2D eigenvalue weighted by Crippen LogP contribution is -2.22. The van der Waals surface area contributed by atoms with Gasteiger partial charge >= 0.3 is 0 Å². The van der Waals surface area contributed by atoms with E-state index in [0.717, 1.165) is 4.88 Å². The van der Waals surface area contributed by atoms with E-state index in [4.69, 9.17) is 5.73 Å². The Morgan fingerprint density at radius 1 is 1.32 bits per heavy atom. The van der Waals surface area contributed by atoms with Crippen molar-refractivity contribution in [3.8, 4) is 0 Å². The standard InChI is InChI=1S/C14H15FN2OS/c1-8-3-13(19-9(8)2)7-17-14(18)10-4-11(15)6-12(16)5-10/h3-6H,7,16H2,1-2H3,(H,17,18). The predicted octanol–water partition coefficient (Wildman–Crippen LogP) is 3.02. The number of hydrogen-bond donors (Lipinski definition) is 2. The second-order valence-corrected chi connectivity index (χ2v) is 5.75. The number of hydrogen-bond acceptors (Lipinski definition) is 3. The lowest BCUT2D eigenvalue weighted by atomic mass is 10.2. The van der Waals surface area contributed by atoms with Crippen LogP contribution in [0.5, 0.6) is 0 Å². The number of nitrogens with two attached hydrogens (primary N) is 1. The van der Waals surface area contributed by atoms with Crippen LogP contribution in [0.15, 0.2) is 24.3 Å². The fourth-order valence-corrected chi connectivity index (χ4v) is 2.74. The van der Waals surface area contributed by atoms with E-state index in [1.165, 1.54) is 28.6 Å². The molecule has 2 aromatic rings. The molecule has 0 saturated carbocycles. The van der Waals surface area contributed by atoms with Crippen LogP contribution in [0.2, 0.25) is 0 Å². The molecular weight excluding hydrogens is 263 g/mol. The minimum Gasteiger partial charge on any atom is -0.399 e. The Hall–Kier alpha value is -1.88. The molecule has 0 aliphatic heterocycles. The van der Waals surface area contributed by atoms with Crippen LogP contribution in [-0.2, 0) is 6.54 Å². The van der Waals surface area contributed by atoms with Crippen LogP contribution in [0, 0.1) is 19.7 Å². The van der Waals surface area contributed by atoms with Gasteiger partial charge < -0.3 is 11.1 Å². The highest BCUT2D eigenvalue weighted by Gasteiger charge is 2.09. The summed E-state index contributed by atoms with van der Waals surface area (Å²) in [4.78, 5) is 14.2. The Bertz CT molecular complexity index is 582. The van der Waals surface area contributed by atoms with Gasteiger partial charge in [-0.05, 0) is 43.7 Å². The number of carbonyl (C=O) groups excluding carboxylic acids is 1. The maximum absolute atomic E-state index is 13.1. The van der Waals surface area contributed by atoms with Crippen molar-refractivity contribution in [1.29, 1.82) is 0 Å². The molecule has 0 saturated heterocycles. The summed E-state index contributed by atoms with van der Waals surface area (Å²) >= 11 is 1.64. The predicted molar refractivity (Wildman–Crippen MR) is 75.8 cm³/mol. The molecule has 3 nitrogen and oxygen atoms in total. The summed E-state index contributed by atoms with van der Waals surface area (Å²) in [5.41, 5.74) is 7.20. The molecule has 1 heterocycles. The minimum atomic E-state index is -0.507. The van der Waals surface area contributed by atoms with Crippen LogP contribution in [0.4, 0.5) is 10.1 Å². The lowest BCUT2D eigenvalue weighted by molar-refractivity contribution is 0.0951. The number of halogens is 1. The van der Waals surface area contributed by atoms with Gasteiger partial charge in [0, 0.05) is 21.0 Å². The first-order valence-corrected chi connectivity index (χ1v) is 6.67. The molecule has 3 N–H and O–H groups in total. The Morgan fingerprint density at radius 2 is 2.05 bits per heavy atom. The molecule has 2 rings (SSSR count). The molecule has 0 aliphatic rings. The van der Waals surface area contributed by atoms with Crippen molar-refractivity contribution in [1.82, 2.24) is 5.32 Å². The molecule has 0 spiro atoms. The quantitative estimate of drug-likeness (QED) is 0.848. The third-order valence-electron chi connectivity index (χ3n) is 2.82. The van der Waals surface area contributed by atoms with Gasteiger partial charge in [0.15, 0.2) is 0 Å². The number of thiophene rings is 1. The van der Waals surface area contributed by atoms with Gasteiger partial charge in [-0.1, -0.05) is 0 Å². The molecule has 0 aliphatic carbocycles. The largest absolute Gasteiger partial charge is 0.399 e. The zero-order valence-electron chi connectivity index (χ0n) is 10.8. The topological polar surface area (TPSA) is 55.1 Å². The second kappa shape index (κ2) is 5.40. The van der Waals surface area contributed by atoms with Gasteiger partial charge in [-0.25, -0.2) is 4.39 Å². The van der Waals surface area contributed by atoms with Gasteiger partial charge in [-0.3, -0.25) is 4.79 Å². The number of aryl methyl sites for hydroxylation is 2. The molecular formula is C14H15FN2OS. The smallest absolute Gasteiger partial charge is 0.251 e. The summed E-state index contributed by atoms with van der Waals surface area (Å²) in [5, 5.41) is 2.76. The number of rotatable bonds is 3. The minimum absolute atomic E-state index is 0.238. The van der Waals surface area contributed by atoms with E-state index in [1.807, 2.05) is 19.9 Å². The van der Waals surface area contributed by atoms with Crippen molar-refractivity contribution >= 4 is 22.9 Å². The van der Waals surface area contributed by atoms with Crippen LogP contribution in [-0.4, -0.2) is 5.91 Å². The Morgan fingerprint density at radius 3 is 2.63 bits per heavy atom. The normalized spacial score (nSPS) is 10.5. The Balaban J connectivity index is 2.05. The van der Waals surface area contributed by atoms with E-state index in [1.54, 1.807) is 11.3 Å². The lowest BCUT2D eigenvalue weighted by Gasteiger charge is -2.05. The van der Waals surface area contributed by atoms with Gasteiger partial charge in [-0.2, -0.15) is 0 Å². The highest BCUT2D eigenvalue weighted by atomic mass is 32.1. The highest BCUT2D eigenvalue weighted by Crippen LogP contribution is 2.20. The highest BCUT2D eigenvalue weighted by molar-refractivity contribution is 7.12. The van der Waals surface area contributed by atoms with Crippen molar-refractivity contribution < 1.29 is 9.18 Å². The summed E-state index contributed by atoms with van der Waals surface area (Å²) in [7, 11) is 0. The first-order chi connectivity index (χ1) is 8.95. The third-order valence-corrected chi connectivity index (χ3v) is 3.98. The van der Waals surface area contributed by atoms with Gasteiger partial charge in [0.05, 0.1) is 6.54 Å². The number of benzene rings is 1. The molecule has 19 heavy (non-hydrogen) atoms. The van der Waals surface area contributed by atoms with Crippen LogP contribution in [0.3, 0.4) is 0 Å². The molecule has 0 unspecified atom stereocenters. The number of amides is 1. The molecule has 5 heteroatoms. The van der Waals surface area contributed by atoms with E-state index < -0.39 is 5.82 Å². The Labute approximate surface area is 115 Å². The van der Waals surface area contributed by atoms with Crippen molar-refractivity contribution in [3.63, 3.8) is 0 Å². The fourth-order valence-electron chi connectivity index (χ4n) is 1.75. The second-order valence-electron chi connectivity index (χ2n) is 4.41. The summed E-state index contributed by atoms with van der Waals surface area (Å²) in [6, 6.07) is 5.86. The first-order valence-electron chi connectivity index (χ1n) is 5.86. The zero-order chi connectivity index (χ0) is 14.0. The van der Waals surface area contributed by atoms with Gasteiger partial charge in [-0.15, -0.1) is 11.3 Å². The number of anilines is 1. The van der Waals surface area contributed by atoms with Crippen LogP contribution in [0.1, 0.15) is 25.7 Å². The Kier molecular flexibility index (Phi) is 3.85. The molecule has 0 fully saturated rings.